The fraction of sp³-hybridized carbons (Fsp3) is 0.714. The molecule has 1 fully saturated rings. The van der Waals surface area contributed by atoms with E-state index in [1.807, 2.05) is 0 Å². The number of likely N-dealkylation sites (N-methyl/N-ethyl adjacent to an activating group) is 1. The third-order valence-corrected chi connectivity index (χ3v) is 5.13. The lowest BCUT2D eigenvalue weighted by Gasteiger charge is -2.45. The number of nitrogens with zero attached hydrogens (tertiary/aromatic N) is 2. The minimum absolute atomic E-state index is 0.140. The zero-order valence-electron chi connectivity index (χ0n) is 12.4. The lowest BCUT2D eigenvalue weighted by atomic mass is 9.75. The van der Waals surface area contributed by atoms with Gasteiger partial charge in [-0.15, -0.1) is 0 Å². The van der Waals surface area contributed by atoms with Crippen LogP contribution < -0.4 is 10.9 Å². The number of halogens is 1. The molecule has 0 amide bonds. The molecule has 2 atom stereocenters. The van der Waals surface area contributed by atoms with Crippen LogP contribution in [0.1, 0.15) is 32.6 Å². The van der Waals surface area contributed by atoms with Gasteiger partial charge in [0.15, 0.2) is 0 Å². The number of hydrogen-bond acceptors (Lipinski definition) is 4. The fourth-order valence-electron chi connectivity index (χ4n) is 3.11. The predicted octanol–water partition coefficient (Wildman–Crippen LogP) is 2.45. The highest BCUT2D eigenvalue weighted by atomic mass is 79.9. The summed E-state index contributed by atoms with van der Waals surface area (Å²) < 4.78 is 0.470. The third kappa shape index (κ3) is 3.23. The fourth-order valence-corrected chi connectivity index (χ4v) is 3.47. The Morgan fingerprint density at radius 1 is 1.60 bits per heavy atom. The van der Waals surface area contributed by atoms with Crippen LogP contribution >= 0.6 is 15.9 Å². The molecule has 1 aliphatic rings. The first-order valence-corrected chi connectivity index (χ1v) is 7.88. The summed E-state index contributed by atoms with van der Waals surface area (Å²) in [5, 5.41) is 3.35. The molecule has 112 valence electrons. The Bertz CT molecular complexity index is 516. The van der Waals surface area contributed by atoms with Crippen LogP contribution in [0, 0.1) is 5.92 Å². The largest absolute Gasteiger partial charge is 0.367 e. The molecule has 20 heavy (non-hydrogen) atoms. The van der Waals surface area contributed by atoms with Crippen LogP contribution in [-0.2, 0) is 0 Å². The van der Waals surface area contributed by atoms with Crippen molar-refractivity contribution in [2.75, 3.05) is 26.0 Å². The van der Waals surface area contributed by atoms with Crippen molar-refractivity contribution in [2.45, 2.75) is 38.1 Å². The maximum absolute atomic E-state index is 11.6. The number of rotatable bonds is 4. The molecule has 1 aliphatic carbocycles. The van der Waals surface area contributed by atoms with Gasteiger partial charge in [-0.05, 0) is 48.8 Å². The molecule has 1 saturated carbocycles. The summed E-state index contributed by atoms with van der Waals surface area (Å²) in [7, 11) is 4.28. The molecule has 1 heterocycles. The van der Waals surface area contributed by atoms with Gasteiger partial charge in [0.1, 0.15) is 10.3 Å². The molecule has 1 aromatic heterocycles. The van der Waals surface area contributed by atoms with Crippen LogP contribution in [0.4, 0.5) is 5.82 Å². The molecule has 0 spiro atoms. The SMILES string of the molecule is CC1CCCC(CNc2nc[nH]c(=O)c2Br)(N(C)C)C1. The Balaban J connectivity index is 2.13. The Morgan fingerprint density at radius 2 is 2.35 bits per heavy atom. The maximum Gasteiger partial charge on any atom is 0.267 e. The van der Waals surface area contributed by atoms with Crippen molar-refractivity contribution in [2.24, 2.45) is 5.92 Å². The molecule has 1 aromatic rings. The van der Waals surface area contributed by atoms with Gasteiger partial charge in [0.25, 0.3) is 5.56 Å². The van der Waals surface area contributed by atoms with E-state index < -0.39 is 0 Å². The van der Waals surface area contributed by atoms with E-state index in [9.17, 15) is 4.79 Å². The summed E-state index contributed by atoms with van der Waals surface area (Å²) in [6.45, 7) is 3.12. The first-order chi connectivity index (χ1) is 9.44. The number of nitrogens with one attached hydrogen (secondary N) is 2. The number of aromatic nitrogens is 2. The topological polar surface area (TPSA) is 61.0 Å². The van der Waals surface area contributed by atoms with Crippen molar-refractivity contribution in [3.8, 4) is 0 Å². The standard InChI is InChI=1S/C14H23BrN4O/c1-10-5-4-6-14(7-10,19(2)3)8-16-12-11(15)13(20)18-9-17-12/h9-10H,4-8H2,1-3H3,(H2,16,17,18,20). The van der Waals surface area contributed by atoms with Gasteiger partial charge >= 0.3 is 0 Å². The lowest BCUT2D eigenvalue weighted by molar-refractivity contribution is 0.0881. The Labute approximate surface area is 128 Å². The average Bonchev–Trinajstić information content (AvgIpc) is 2.40. The second-order valence-corrected chi connectivity index (χ2v) is 6.86. The van der Waals surface area contributed by atoms with E-state index in [1.54, 1.807) is 0 Å². The van der Waals surface area contributed by atoms with Gasteiger partial charge in [0.05, 0.1) is 6.33 Å². The minimum atomic E-state index is -0.154. The number of anilines is 1. The summed E-state index contributed by atoms with van der Waals surface area (Å²) in [5.74, 6) is 1.36. The van der Waals surface area contributed by atoms with Gasteiger partial charge in [0, 0.05) is 12.1 Å². The molecule has 2 N–H and O–H groups in total. The van der Waals surface area contributed by atoms with E-state index in [1.165, 1.54) is 32.0 Å². The van der Waals surface area contributed by atoms with Crippen molar-refractivity contribution in [1.82, 2.24) is 14.9 Å². The highest BCUT2D eigenvalue weighted by Gasteiger charge is 2.36. The van der Waals surface area contributed by atoms with Crippen molar-refractivity contribution in [3.05, 3.63) is 21.2 Å². The summed E-state index contributed by atoms with van der Waals surface area (Å²) >= 11 is 3.29. The summed E-state index contributed by atoms with van der Waals surface area (Å²) in [5.41, 5.74) is -0.0140. The summed E-state index contributed by atoms with van der Waals surface area (Å²) in [4.78, 5) is 20.6. The zero-order valence-corrected chi connectivity index (χ0v) is 14.0. The highest BCUT2D eigenvalue weighted by Crippen LogP contribution is 2.35. The van der Waals surface area contributed by atoms with E-state index in [-0.39, 0.29) is 11.1 Å². The molecule has 0 aromatic carbocycles. The smallest absolute Gasteiger partial charge is 0.267 e. The minimum Gasteiger partial charge on any atom is -0.367 e. The molecule has 5 nitrogen and oxygen atoms in total. The van der Waals surface area contributed by atoms with Crippen LogP contribution in [0.3, 0.4) is 0 Å². The normalized spacial score (nSPS) is 26.8. The van der Waals surface area contributed by atoms with Crippen LogP contribution in [0.5, 0.6) is 0 Å². The summed E-state index contributed by atoms with van der Waals surface area (Å²) in [6.07, 6.45) is 6.35. The van der Waals surface area contributed by atoms with Gasteiger partial charge in [0.2, 0.25) is 0 Å². The Kier molecular flexibility index (Phi) is 4.86. The third-order valence-electron chi connectivity index (χ3n) is 4.40. The molecular weight excluding hydrogens is 320 g/mol. The Morgan fingerprint density at radius 3 is 3.00 bits per heavy atom. The van der Waals surface area contributed by atoms with E-state index in [0.29, 0.717) is 10.3 Å². The molecule has 2 rings (SSSR count). The first-order valence-electron chi connectivity index (χ1n) is 7.09. The van der Waals surface area contributed by atoms with Crippen LogP contribution in [0.15, 0.2) is 15.6 Å². The monoisotopic (exact) mass is 342 g/mol. The first kappa shape index (κ1) is 15.5. The quantitative estimate of drug-likeness (QED) is 0.882. The molecule has 0 saturated heterocycles. The van der Waals surface area contributed by atoms with Gasteiger partial charge in [-0.25, -0.2) is 4.98 Å². The van der Waals surface area contributed by atoms with E-state index in [0.717, 1.165) is 12.5 Å². The van der Waals surface area contributed by atoms with E-state index in [2.05, 4.69) is 57.1 Å². The molecule has 2 unspecified atom stereocenters. The van der Waals surface area contributed by atoms with Gasteiger partial charge < -0.3 is 15.2 Å². The summed E-state index contributed by atoms with van der Waals surface area (Å²) in [6, 6.07) is 0. The van der Waals surface area contributed by atoms with Crippen LogP contribution in [-0.4, -0.2) is 41.0 Å². The van der Waals surface area contributed by atoms with Crippen LogP contribution in [0.25, 0.3) is 0 Å². The molecular formula is C14H23BrN4O. The number of hydrogen-bond donors (Lipinski definition) is 2. The zero-order chi connectivity index (χ0) is 14.8. The number of H-pyrrole nitrogens is 1. The molecule has 0 aliphatic heterocycles. The number of aromatic amines is 1. The van der Waals surface area contributed by atoms with Gasteiger partial charge in [-0.1, -0.05) is 19.8 Å². The molecule has 0 radical (unpaired) electrons. The second-order valence-electron chi connectivity index (χ2n) is 6.07. The van der Waals surface area contributed by atoms with Crippen molar-refractivity contribution in [1.29, 1.82) is 0 Å². The lowest BCUT2D eigenvalue weighted by Crippen LogP contribution is -2.52. The van der Waals surface area contributed by atoms with E-state index in [4.69, 9.17) is 0 Å². The molecule has 6 heteroatoms. The Hall–Kier alpha value is -0.880. The van der Waals surface area contributed by atoms with Gasteiger partial charge in [-0.3, -0.25) is 4.79 Å². The van der Waals surface area contributed by atoms with Crippen molar-refractivity contribution < 1.29 is 0 Å². The predicted molar refractivity (Wildman–Crippen MR) is 85.1 cm³/mol. The second kappa shape index (κ2) is 6.26. The van der Waals surface area contributed by atoms with Gasteiger partial charge in [-0.2, -0.15) is 0 Å². The van der Waals surface area contributed by atoms with E-state index >= 15 is 0 Å². The van der Waals surface area contributed by atoms with Crippen molar-refractivity contribution in [3.63, 3.8) is 0 Å². The average molecular weight is 343 g/mol. The highest BCUT2D eigenvalue weighted by molar-refractivity contribution is 9.10. The van der Waals surface area contributed by atoms with Crippen molar-refractivity contribution >= 4 is 21.7 Å². The maximum atomic E-state index is 11.6. The molecule has 0 bridgehead atoms. The van der Waals surface area contributed by atoms with Crippen LogP contribution in [0.2, 0.25) is 0 Å².